The number of ketones is 2. The first kappa shape index (κ1) is 25.5. The van der Waals surface area contributed by atoms with Crippen molar-refractivity contribution in [1.82, 2.24) is 14.9 Å². The van der Waals surface area contributed by atoms with Crippen molar-refractivity contribution in [2.75, 3.05) is 20.2 Å². The lowest BCUT2D eigenvalue weighted by molar-refractivity contribution is -0.0138. The number of rotatable bonds is 6. The molecule has 9 heteroatoms. The highest BCUT2D eigenvalue weighted by Gasteiger charge is 2.54. The molecule has 41 heavy (non-hydrogen) atoms. The van der Waals surface area contributed by atoms with Gasteiger partial charge in [0.2, 0.25) is 0 Å². The second-order valence-electron chi connectivity index (χ2n) is 11.1. The Kier molecular flexibility index (Phi) is 5.93. The molecular weight excluding hydrogens is 522 g/mol. The van der Waals surface area contributed by atoms with E-state index < -0.39 is 17.5 Å². The van der Waals surface area contributed by atoms with E-state index in [1.54, 1.807) is 31.4 Å². The fourth-order valence-electron chi connectivity index (χ4n) is 6.33. The van der Waals surface area contributed by atoms with E-state index in [0.717, 1.165) is 23.7 Å². The summed E-state index contributed by atoms with van der Waals surface area (Å²) in [4.78, 5) is 44.0. The standard InChI is InChI=1S/C32H29N3O6/c1-40-27-16-20(15-25-22(27)8-13-35(25)21-4-5-21)29(36)28-30(37)23-14-18(19-2-6-24(31(38)39)34-17-19)3-7-26(23)41-32(28)9-11-33-12-10-32/h2-3,6-8,13-17,21,28,33H,4-5,9-12H2,1H3,(H,38,39)/t28-/m1/s1. The van der Waals surface area contributed by atoms with Gasteiger partial charge in [0, 0.05) is 47.8 Å². The van der Waals surface area contributed by atoms with E-state index in [-0.39, 0.29) is 17.3 Å². The van der Waals surface area contributed by atoms with Gasteiger partial charge in [0.15, 0.2) is 11.6 Å². The number of fused-ring (bicyclic) bond motifs is 2. The van der Waals surface area contributed by atoms with E-state index in [1.807, 2.05) is 24.4 Å². The third kappa shape index (κ3) is 4.19. The first-order valence-corrected chi connectivity index (χ1v) is 13.9. The number of carboxylic acid groups (broad SMARTS) is 1. The summed E-state index contributed by atoms with van der Waals surface area (Å²) in [5, 5.41) is 13.5. The molecule has 1 saturated carbocycles. The zero-order chi connectivity index (χ0) is 28.3. The number of nitrogens with one attached hydrogen (secondary N) is 1. The number of methoxy groups -OCH3 is 1. The van der Waals surface area contributed by atoms with E-state index in [0.29, 0.717) is 65.7 Å². The number of Topliss-reactive ketones (excluding diaryl/α,β-unsaturated/α-hetero) is 2. The predicted molar refractivity (Wildman–Crippen MR) is 151 cm³/mol. The highest BCUT2D eigenvalue weighted by molar-refractivity contribution is 6.19. The van der Waals surface area contributed by atoms with Gasteiger partial charge in [-0.1, -0.05) is 12.1 Å². The van der Waals surface area contributed by atoms with Crippen LogP contribution in [0.2, 0.25) is 0 Å². The Hall–Kier alpha value is -4.50. The van der Waals surface area contributed by atoms with Crippen LogP contribution in [-0.2, 0) is 0 Å². The summed E-state index contributed by atoms with van der Waals surface area (Å²) in [6.07, 6.45) is 6.75. The van der Waals surface area contributed by atoms with Crippen LogP contribution in [0.4, 0.5) is 0 Å². The minimum absolute atomic E-state index is 0.0649. The smallest absolute Gasteiger partial charge is 0.354 e. The fourth-order valence-corrected chi connectivity index (χ4v) is 6.33. The summed E-state index contributed by atoms with van der Waals surface area (Å²) in [5.41, 5.74) is 2.02. The highest BCUT2D eigenvalue weighted by atomic mass is 16.5. The molecule has 2 aromatic carbocycles. The average molecular weight is 552 g/mol. The molecule has 0 amide bonds. The number of aromatic nitrogens is 2. The van der Waals surface area contributed by atoms with Gasteiger partial charge >= 0.3 is 5.97 Å². The zero-order valence-corrected chi connectivity index (χ0v) is 22.6. The lowest BCUT2D eigenvalue weighted by Gasteiger charge is -2.45. The molecule has 208 valence electrons. The number of carbonyl (C=O) groups is 3. The molecule has 0 bridgehead atoms. The lowest BCUT2D eigenvalue weighted by Crippen LogP contribution is -2.58. The van der Waals surface area contributed by atoms with Crippen molar-refractivity contribution < 1.29 is 29.0 Å². The van der Waals surface area contributed by atoms with Gasteiger partial charge in [-0.3, -0.25) is 9.59 Å². The Labute approximate surface area is 236 Å². The third-order valence-electron chi connectivity index (χ3n) is 8.62. The van der Waals surface area contributed by atoms with Gasteiger partial charge in [0.25, 0.3) is 0 Å². The first-order valence-electron chi connectivity index (χ1n) is 13.9. The van der Waals surface area contributed by atoms with Crippen LogP contribution in [0.5, 0.6) is 11.5 Å². The van der Waals surface area contributed by atoms with Gasteiger partial charge in [0.05, 0.1) is 18.2 Å². The van der Waals surface area contributed by atoms with Crippen LogP contribution >= 0.6 is 0 Å². The quantitative estimate of drug-likeness (QED) is 0.255. The van der Waals surface area contributed by atoms with Crippen LogP contribution in [-0.4, -0.2) is 58.0 Å². The Bertz CT molecular complexity index is 1710. The van der Waals surface area contributed by atoms with Gasteiger partial charge in [-0.05, 0) is 67.9 Å². The van der Waals surface area contributed by atoms with Crippen molar-refractivity contribution in [2.24, 2.45) is 5.92 Å². The first-order chi connectivity index (χ1) is 19.9. The molecule has 1 aliphatic carbocycles. The van der Waals surface area contributed by atoms with Crippen molar-refractivity contribution in [2.45, 2.75) is 37.3 Å². The molecule has 2 N–H and O–H groups in total. The largest absolute Gasteiger partial charge is 0.496 e. The molecule has 9 nitrogen and oxygen atoms in total. The Morgan fingerprint density at radius 1 is 1.07 bits per heavy atom. The van der Waals surface area contributed by atoms with E-state index in [9.17, 15) is 19.5 Å². The number of pyridine rings is 1. The predicted octanol–water partition coefficient (Wildman–Crippen LogP) is 4.94. The van der Waals surface area contributed by atoms with Crippen LogP contribution in [0, 0.1) is 5.92 Å². The third-order valence-corrected chi connectivity index (χ3v) is 8.62. The van der Waals surface area contributed by atoms with Crippen LogP contribution in [0.1, 0.15) is 62.9 Å². The van der Waals surface area contributed by atoms with Crippen molar-refractivity contribution in [3.63, 3.8) is 0 Å². The number of hydrogen-bond donors (Lipinski definition) is 2. The minimum Gasteiger partial charge on any atom is -0.496 e. The monoisotopic (exact) mass is 551 g/mol. The Morgan fingerprint density at radius 3 is 2.54 bits per heavy atom. The molecule has 0 unspecified atom stereocenters. The maximum Gasteiger partial charge on any atom is 0.354 e. The number of ether oxygens (including phenoxy) is 2. The van der Waals surface area contributed by atoms with Gasteiger partial charge < -0.3 is 24.5 Å². The molecular formula is C32H29N3O6. The molecule has 0 radical (unpaired) electrons. The second kappa shape index (κ2) is 9.55. The number of nitrogens with zero attached hydrogens (tertiary/aromatic N) is 2. The minimum atomic E-state index is -1.11. The van der Waals surface area contributed by atoms with Crippen molar-refractivity contribution in [3.8, 4) is 22.6 Å². The molecule has 1 atom stereocenters. The normalized spacial score (nSPS) is 19.5. The fraction of sp³-hybridized carbons (Fsp3) is 0.312. The van der Waals surface area contributed by atoms with Crippen LogP contribution in [0.15, 0.2) is 60.9 Å². The molecule has 7 rings (SSSR count). The maximum atomic E-state index is 14.4. The molecule has 2 fully saturated rings. The van der Waals surface area contributed by atoms with E-state index in [2.05, 4.69) is 14.9 Å². The van der Waals surface area contributed by atoms with Crippen LogP contribution < -0.4 is 14.8 Å². The molecule has 1 saturated heterocycles. The Balaban J connectivity index is 1.32. The molecule has 2 aliphatic heterocycles. The lowest BCUT2D eigenvalue weighted by atomic mass is 9.70. The highest BCUT2D eigenvalue weighted by Crippen LogP contribution is 2.46. The summed E-state index contributed by atoms with van der Waals surface area (Å²) >= 11 is 0. The van der Waals surface area contributed by atoms with Gasteiger partial charge in [-0.15, -0.1) is 0 Å². The number of benzene rings is 2. The average Bonchev–Trinajstić information content (AvgIpc) is 3.75. The molecule has 2 aromatic heterocycles. The van der Waals surface area contributed by atoms with E-state index in [4.69, 9.17) is 9.47 Å². The van der Waals surface area contributed by atoms with Crippen LogP contribution in [0.25, 0.3) is 22.0 Å². The zero-order valence-electron chi connectivity index (χ0n) is 22.6. The Morgan fingerprint density at radius 2 is 1.85 bits per heavy atom. The number of carboxylic acids is 1. The molecule has 4 heterocycles. The SMILES string of the molecule is COc1cc(C(=O)[C@@H]2C(=O)c3cc(-c4ccc(C(=O)O)nc4)ccc3OC23CCNCC3)cc2c1ccn2C1CC1. The number of carbonyl (C=O) groups excluding carboxylic acids is 2. The second-order valence-corrected chi connectivity index (χ2v) is 11.1. The topological polar surface area (TPSA) is 120 Å². The van der Waals surface area contributed by atoms with Gasteiger partial charge in [-0.25, -0.2) is 9.78 Å². The van der Waals surface area contributed by atoms with Gasteiger partial charge in [-0.2, -0.15) is 0 Å². The summed E-state index contributed by atoms with van der Waals surface area (Å²) in [6.45, 7) is 1.28. The number of aromatic carboxylic acids is 1. The summed E-state index contributed by atoms with van der Waals surface area (Å²) in [7, 11) is 1.59. The molecule has 4 aromatic rings. The molecule has 1 spiro atoms. The maximum absolute atomic E-state index is 14.4. The summed E-state index contributed by atoms with van der Waals surface area (Å²) in [6, 6.07) is 14.4. The van der Waals surface area contributed by atoms with Crippen molar-refractivity contribution >= 4 is 28.4 Å². The summed E-state index contributed by atoms with van der Waals surface area (Å²) in [5.74, 6) is -1.62. The van der Waals surface area contributed by atoms with Crippen molar-refractivity contribution in [3.05, 3.63) is 77.7 Å². The van der Waals surface area contributed by atoms with E-state index >= 15 is 0 Å². The summed E-state index contributed by atoms with van der Waals surface area (Å²) < 4.78 is 14.5. The number of piperidine rings is 1. The van der Waals surface area contributed by atoms with Crippen LogP contribution in [0.3, 0.4) is 0 Å². The van der Waals surface area contributed by atoms with Crippen molar-refractivity contribution in [1.29, 1.82) is 0 Å². The van der Waals surface area contributed by atoms with Gasteiger partial charge in [0.1, 0.15) is 28.7 Å². The molecule has 3 aliphatic rings. The van der Waals surface area contributed by atoms with E-state index in [1.165, 1.54) is 12.3 Å². The number of hydrogen-bond acceptors (Lipinski definition) is 7.